The summed E-state index contributed by atoms with van der Waals surface area (Å²) < 4.78 is 13.6. The molecule has 2 aromatic rings. The first kappa shape index (κ1) is 14.2. The highest BCUT2D eigenvalue weighted by atomic mass is 19.1. The van der Waals surface area contributed by atoms with Gasteiger partial charge in [-0.1, -0.05) is 29.8 Å². The van der Waals surface area contributed by atoms with E-state index in [-0.39, 0.29) is 17.5 Å². The monoisotopic (exact) mass is 272 g/mol. The number of halogens is 1. The zero-order valence-corrected chi connectivity index (χ0v) is 11.8. The van der Waals surface area contributed by atoms with Crippen molar-refractivity contribution in [2.45, 2.75) is 19.9 Å². The highest BCUT2D eigenvalue weighted by molar-refractivity contribution is 5.94. The van der Waals surface area contributed by atoms with E-state index < -0.39 is 5.95 Å². The highest BCUT2D eigenvalue weighted by Crippen LogP contribution is 2.21. The Morgan fingerprint density at radius 1 is 1.25 bits per heavy atom. The highest BCUT2D eigenvalue weighted by Gasteiger charge is 2.21. The zero-order chi connectivity index (χ0) is 14.7. The molecule has 0 radical (unpaired) electrons. The molecule has 0 spiro atoms. The average molecular weight is 272 g/mol. The van der Waals surface area contributed by atoms with Gasteiger partial charge in [-0.05, 0) is 31.5 Å². The van der Waals surface area contributed by atoms with Crippen LogP contribution in [0.5, 0.6) is 0 Å². The largest absolute Gasteiger partial charge is 0.335 e. The first-order valence-electron chi connectivity index (χ1n) is 6.45. The lowest BCUT2D eigenvalue weighted by atomic mass is 10.0. The molecule has 0 bridgehead atoms. The second-order valence-electron chi connectivity index (χ2n) is 4.84. The summed E-state index contributed by atoms with van der Waals surface area (Å²) in [6, 6.07) is 10.8. The van der Waals surface area contributed by atoms with E-state index in [0.29, 0.717) is 0 Å². The van der Waals surface area contributed by atoms with Gasteiger partial charge < -0.3 is 4.90 Å². The van der Waals surface area contributed by atoms with Crippen LogP contribution in [0.4, 0.5) is 4.39 Å². The minimum Gasteiger partial charge on any atom is -0.335 e. The zero-order valence-electron chi connectivity index (χ0n) is 11.8. The van der Waals surface area contributed by atoms with Gasteiger partial charge in [-0.25, -0.2) is 4.98 Å². The Labute approximate surface area is 118 Å². The smallest absolute Gasteiger partial charge is 0.258 e. The van der Waals surface area contributed by atoms with Crippen molar-refractivity contribution in [3.05, 3.63) is 65.2 Å². The number of carbonyl (C=O) groups excluding carboxylic acids is 1. The van der Waals surface area contributed by atoms with Crippen LogP contribution in [-0.2, 0) is 0 Å². The molecule has 1 unspecified atom stereocenters. The lowest BCUT2D eigenvalue weighted by Gasteiger charge is -2.25. The number of aromatic nitrogens is 1. The van der Waals surface area contributed by atoms with E-state index >= 15 is 0 Å². The van der Waals surface area contributed by atoms with Gasteiger partial charge >= 0.3 is 0 Å². The molecule has 1 aromatic carbocycles. The van der Waals surface area contributed by atoms with Crippen LogP contribution in [0.25, 0.3) is 0 Å². The normalized spacial score (nSPS) is 12.0. The van der Waals surface area contributed by atoms with Crippen LogP contribution in [0.3, 0.4) is 0 Å². The number of rotatable bonds is 3. The van der Waals surface area contributed by atoms with Gasteiger partial charge in [0.25, 0.3) is 5.91 Å². The maximum absolute atomic E-state index is 13.6. The summed E-state index contributed by atoms with van der Waals surface area (Å²) in [7, 11) is 1.67. The van der Waals surface area contributed by atoms with E-state index in [9.17, 15) is 9.18 Å². The number of amides is 1. The Morgan fingerprint density at radius 2 is 1.90 bits per heavy atom. The van der Waals surface area contributed by atoms with Crippen molar-refractivity contribution < 1.29 is 9.18 Å². The van der Waals surface area contributed by atoms with E-state index in [1.165, 1.54) is 17.2 Å². The molecule has 0 aliphatic carbocycles. The third-order valence-electron chi connectivity index (χ3n) is 3.45. The molecule has 1 amide bonds. The fourth-order valence-corrected chi connectivity index (χ4v) is 1.98. The molecule has 104 valence electrons. The Morgan fingerprint density at radius 3 is 2.50 bits per heavy atom. The van der Waals surface area contributed by atoms with Gasteiger partial charge in [0, 0.05) is 13.2 Å². The van der Waals surface area contributed by atoms with Crippen molar-refractivity contribution in [2.75, 3.05) is 7.05 Å². The number of pyridine rings is 1. The first-order chi connectivity index (χ1) is 9.50. The number of nitrogens with zero attached hydrogens (tertiary/aromatic N) is 2. The summed E-state index contributed by atoms with van der Waals surface area (Å²) in [5.74, 6) is -1.11. The third-order valence-corrected chi connectivity index (χ3v) is 3.45. The molecule has 20 heavy (non-hydrogen) atoms. The molecule has 0 N–H and O–H groups in total. The van der Waals surface area contributed by atoms with E-state index in [1.807, 2.05) is 38.1 Å². The van der Waals surface area contributed by atoms with Crippen molar-refractivity contribution in [3.63, 3.8) is 0 Å². The van der Waals surface area contributed by atoms with Gasteiger partial charge in [-0.15, -0.1) is 0 Å². The molecule has 0 fully saturated rings. The minimum atomic E-state index is -0.736. The van der Waals surface area contributed by atoms with E-state index in [0.717, 1.165) is 11.1 Å². The van der Waals surface area contributed by atoms with Crippen LogP contribution in [0.2, 0.25) is 0 Å². The predicted octanol–water partition coefficient (Wildman–Crippen LogP) is 3.36. The van der Waals surface area contributed by atoms with Crippen LogP contribution >= 0.6 is 0 Å². The van der Waals surface area contributed by atoms with Crippen LogP contribution in [0.1, 0.15) is 34.5 Å². The number of aryl methyl sites for hydroxylation is 1. The van der Waals surface area contributed by atoms with Gasteiger partial charge in [0.1, 0.15) is 0 Å². The first-order valence-corrected chi connectivity index (χ1v) is 6.45. The molecule has 1 atom stereocenters. The second kappa shape index (κ2) is 5.82. The predicted molar refractivity (Wildman–Crippen MR) is 75.9 cm³/mol. The van der Waals surface area contributed by atoms with Crippen molar-refractivity contribution >= 4 is 5.91 Å². The van der Waals surface area contributed by atoms with Crippen LogP contribution in [0, 0.1) is 12.9 Å². The van der Waals surface area contributed by atoms with Gasteiger partial charge in [0.05, 0.1) is 11.6 Å². The van der Waals surface area contributed by atoms with Crippen molar-refractivity contribution in [2.24, 2.45) is 0 Å². The number of carbonyl (C=O) groups is 1. The topological polar surface area (TPSA) is 33.2 Å². The average Bonchev–Trinajstić information content (AvgIpc) is 2.46. The van der Waals surface area contributed by atoms with Gasteiger partial charge in [0.15, 0.2) is 0 Å². The van der Waals surface area contributed by atoms with Gasteiger partial charge in [-0.2, -0.15) is 4.39 Å². The minimum absolute atomic E-state index is 0.00559. The molecular weight excluding hydrogens is 255 g/mol. The molecule has 1 heterocycles. The quantitative estimate of drug-likeness (QED) is 0.803. The van der Waals surface area contributed by atoms with E-state index in [2.05, 4.69) is 4.98 Å². The lowest BCUT2D eigenvalue weighted by molar-refractivity contribution is 0.0737. The number of hydrogen-bond acceptors (Lipinski definition) is 2. The molecule has 2 rings (SSSR count). The maximum Gasteiger partial charge on any atom is 0.258 e. The van der Waals surface area contributed by atoms with Crippen LogP contribution in [-0.4, -0.2) is 22.8 Å². The van der Waals surface area contributed by atoms with Crippen LogP contribution < -0.4 is 0 Å². The Bertz CT molecular complexity index is 610. The summed E-state index contributed by atoms with van der Waals surface area (Å²) in [6.45, 7) is 3.92. The number of benzene rings is 1. The molecule has 0 aliphatic rings. The van der Waals surface area contributed by atoms with E-state index in [1.54, 1.807) is 13.1 Å². The molecule has 0 saturated carbocycles. The third kappa shape index (κ3) is 2.85. The molecule has 0 saturated heterocycles. The van der Waals surface area contributed by atoms with Gasteiger partial charge in [0.2, 0.25) is 5.95 Å². The van der Waals surface area contributed by atoms with Gasteiger partial charge in [-0.3, -0.25) is 4.79 Å². The molecule has 0 aliphatic heterocycles. The summed E-state index contributed by atoms with van der Waals surface area (Å²) >= 11 is 0. The second-order valence-corrected chi connectivity index (χ2v) is 4.84. The number of hydrogen-bond donors (Lipinski definition) is 0. The summed E-state index contributed by atoms with van der Waals surface area (Å²) in [6.07, 6.45) is 1.33. The summed E-state index contributed by atoms with van der Waals surface area (Å²) in [5, 5.41) is 0. The summed E-state index contributed by atoms with van der Waals surface area (Å²) in [5.41, 5.74) is 2.16. The maximum atomic E-state index is 13.6. The fourth-order valence-electron chi connectivity index (χ4n) is 1.98. The lowest BCUT2D eigenvalue weighted by Crippen LogP contribution is -2.30. The Kier molecular flexibility index (Phi) is 4.13. The van der Waals surface area contributed by atoms with Crippen molar-refractivity contribution in [1.29, 1.82) is 0 Å². The molecular formula is C16H17FN2O. The molecule has 3 nitrogen and oxygen atoms in total. The van der Waals surface area contributed by atoms with Crippen LogP contribution in [0.15, 0.2) is 42.6 Å². The Balaban J connectivity index is 2.22. The SMILES string of the molecule is Cc1ccc(C(C)N(C)C(=O)c2cccnc2F)cc1. The van der Waals surface area contributed by atoms with E-state index in [4.69, 9.17) is 0 Å². The molecule has 4 heteroatoms. The standard InChI is InChI=1S/C16H17FN2O/c1-11-6-8-13(9-7-11)12(2)19(3)16(20)14-5-4-10-18-15(14)17/h4-10,12H,1-3H3. The van der Waals surface area contributed by atoms with Crippen molar-refractivity contribution in [1.82, 2.24) is 9.88 Å². The summed E-state index contributed by atoms with van der Waals surface area (Å²) in [4.78, 5) is 17.3. The van der Waals surface area contributed by atoms with Crippen molar-refractivity contribution in [3.8, 4) is 0 Å². The molecule has 1 aromatic heterocycles. The fraction of sp³-hybridized carbons (Fsp3) is 0.250. The Hall–Kier alpha value is -2.23.